The maximum atomic E-state index is 6.06. The van der Waals surface area contributed by atoms with E-state index in [1.54, 1.807) is 0 Å². The van der Waals surface area contributed by atoms with Crippen LogP contribution >= 0.6 is 0 Å². The van der Waals surface area contributed by atoms with E-state index in [1.807, 2.05) is 0 Å². The molecule has 1 nitrogen and oxygen atoms in total. The smallest absolute Gasteiger partial charge is 0.00698 e. The lowest BCUT2D eigenvalue weighted by Crippen LogP contribution is -2.29. The molecule has 2 rings (SSSR count). The van der Waals surface area contributed by atoms with E-state index in [2.05, 4.69) is 0 Å². The predicted molar refractivity (Wildman–Crippen MR) is 47.3 cm³/mol. The number of rotatable bonds is 1. The third-order valence-electron chi connectivity index (χ3n) is 3.63. The largest absolute Gasteiger partial charge is 0.327 e. The van der Waals surface area contributed by atoms with E-state index in [0.717, 1.165) is 11.8 Å². The van der Waals surface area contributed by atoms with Crippen LogP contribution in [0.5, 0.6) is 0 Å². The third-order valence-corrected chi connectivity index (χ3v) is 3.63. The summed E-state index contributed by atoms with van der Waals surface area (Å²) in [4.78, 5) is 0. The van der Waals surface area contributed by atoms with Crippen molar-refractivity contribution in [2.75, 3.05) is 0 Å². The molecule has 0 spiro atoms. The molecule has 2 saturated carbocycles. The molecule has 0 radical (unpaired) electrons. The molecule has 0 saturated heterocycles. The highest BCUT2D eigenvalue weighted by Crippen LogP contribution is 2.39. The number of hydrogen-bond donors (Lipinski definition) is 1. The van der Waals surface area contributed by atoms with Crippen LogP contribution in [0, 0.1) is 11.8 Å². The molecule has 0 aromatic rings. The van der Waals surface area contributed by atoms with Gasteiger partial charge in [0.1, 0.15) is 0 Å². The Morgan fingerprint density at radius 1 is 0.818 bits per heavy atom. The maximum absolute atomic E-state index is 6.06. The highest BCUT2D eigenvalue weighted by Gasteiger charge is 2.32. The van der Waals surface area contributed by atoms with Crippen LogP contribution < -0.4 is 5.73 Å². The normalized spacial score (nSPS) is 40.1. The summed E-state index contributed by atoms with van der Waals surface area (Å²) in [6.07, 6.45) is 9.98. The van der Waals surface area contributed by atoms with Crippen LogP contribution in [0.2, 0.25) is 0 Å². The second-order valence-electron chi connectivity index (χ2n) is 4.30. The van der Waals surface area contributed by atoms with Crippen molar-refractivity contribution in [3.05, 3.63) is 0 Å². The Hall–Kier alpha value is -0.0400. The molecular weight excluding hydrogens is 134 g/mol. The van der Waals surface area contributed by atoms with Crippen molar-refractivity contribution >= 4 is 0 Å². The molecule has 0 aromatic carbocycles. The average molecular weight is 153 g/mol. The average Bonchev–Trinajstić information content (AvgIpc) is 2.55. The van der Waals surface area contributed by atoms with E-state index in [4.69, 9.17) is 5.73 Å². The van der Waals surface area contributed by atoms with Crippen LogP contribution in [0.1, 0.15) is 44.9 Å². The standard InChI is InChI=1S/C10H19N/c11-10-7-3-6-9(10)8-4-1-2-5-8/h8-10H,1-7,11H2/t9-,10-/m1/s1. The van der Waals surface area contributed by atoms with Crippen molar-refractivity contribution < 1.29 is 0 Å². The third kappa shape index (κ3) is 1.44. The lowest BCUT2D eigenvalue weighted by Gasteiger charge is -2.21. The van der Waals surface area contributed by atoms with Gasteiger partial charge in [0, 0.05) is 6.04 Å². The van der Waals surface area contributed by atoms with Gasteiger partial charge in [0.25, 0.3) is 0 Å². The zero-order chi connectivity index (χ0) is 7.68. The van der Waals surface area contributed by atoms with Gasteiger partial charge in [-0.25, -0.2) is 0 Å². The molecule has 0 amide bonds. The van der Waals surface area contributed by atoms with Crippen LogP contribution in [-0.4, -0.2) is 6.04 Å². The summed E-state index contributed by atoms with van der Waals surface area (Å²) < 4.78 is 0. The highest BCUT2D eigenvalue weighted by atomic mass is 14.7. The zero-order valence-corrected chi connectivity index (χ0v) is 7.26. The molecule has 64 valence electrons. The molecular formula is C10H19N. The molecule has 2 aliphatic rings. The summed E-state index contributed by atoms with van der Waals surface area (Å²) in [5.74, 6) is 1.91. The van der Waals surface area contributed by atoms with E-state index in [0.29, 0.717) is 6.04 Å². The summed E-state index contributed by atoms with van der Waals surface area (Å²) in [6, 6.07) is 0.554. The highest BCUT2D eigenvalue weighted by molar-refractivity contribution is 4.87. The summed E-state index contributed by atoms with van der Waals surface area (Å²) in [7, 11) is 0. The van der Waals surface area contributed by atoms with Crippen LogP contribution in [0.15, 0.2) is 0 Å². The maximum Gasteiger partial charge on any atom is 0.00698 e. The first-order valence-corrected chi connectivity index (χ1v) is 5.13. The SMILES string of the molecule is N[C@@H]1CCC[C@@H]1C1CCCC1. The predicted octanol–water partition coefficient (Wildman–Crippen LogP) is 2.30. The van der Waals surface area contributed by atoms with Gasteiger partial charge in [-0.05, 0) is 24.7 Å². The monoisotopic (exact) mass is 153 g/mol. The lowest BCUT2D eigenvalue weighted by molar-refractivity contribution is 0.316. The molecule has 2 N–H and O–H groups in total. The van der Waals surface area contributed by atoms with Crippen molar-refractivity contribution in [3.63, 3.8) is 0 Å². The molecule has 0 heterocycles. The quantitative estimate of drug-likeness (QED) is 0.614. The number of nitrogens with two attached hydrogens (primary N) is 1. The second kappa shape index (κ2) is 3.14. The van der Waals surface area contributed by atoms with E-state index >= 15 is 0 Å². The first kappa shape index (κ1) is 7.60. The van der Waals surface area contributed by atoms with E-state index in [9.17, 15) is 0 Å². The van der Waals surface area contributed by atoms with Crippen molar-refractivity contribution in [1.82, 2.24) is 0 Å². The molecule has 1 heteroatoms. The Morgan fingerprint density at radius 3 is 2.09 bits per heavy atom. The summed E-state index contributed by atoms with van der Waals surface area (Å²) in [6.45, 7) is 0. The van der Waals surface area contributed by atoms with Crippen molar-refractivity contribution in [3.8, 4) is 0 Å². The number of hydrogen-bond acceptors (Lipinski definition) is 1. The minimum Gasteiger partial charge on any atom is -0.327 e. The molecule has 2 fully saturated rings. The second-order valence-corrected chi connectivity index (χ2v) is 4.30. The fourth-order valence-electron chi connectivity index (χ4n) is 2.99. The van der Waals surface area contributed by atoms with Crippen molar-refractivity contribution in [2.45, 2.75) is 51.0 Å². The topological polar surface area (TPSA) is 26.0 Å². The molecule has 11 heavy (non-hydrogen) atoms. The fourth-order valence-corrected chi connectivity index (χ4v) is 2.99. The van der Waals surface area contributed by atoms with Gasteiger partial charge in [0.2, 0.25) is 0 Å². The van der Waals surface area contributed by atoms with Gasteiger partial charge in [-0.3, -0.25) is 0 Å². The minimum atomic E-state index is 0.554. The van der Waals surface area contributed by atoms with Gasteiger partial charge < -0.3 is 5.73 Å². The molecule has 2 aliphatic carbocycles. The van der Waals surface area contributed by atoms with Crippen LogP contribution in [0.3, 0.4) is 0 Å². The van der Waals surface area contributed by atoms with E-state index in [-0.39, 0.29) is 0 Å². The van der Waals surface area contributed by atoms with Gasteiger partial charge in [-0.2, -0.15) is 0 Å². The molecule has 0 unspecified atom stereocenters. The summed E-state index contributed by atoms with van der Waals surface area (Å²) in [5, 5.41) is 0. The first-order chi connectivity index (χ1) is 5.38. The fraction of sp³-hybridized carbons (Fsp3) is 1.00. The Labute approximate surface area is 69.4 Å². The summed E-state index contributed by atoms with van der Waals surface area (Å²) in [5.41, 5.74) is 6.06. The van der Waals surface area contributed by atoms with Crippen LogP contribution in [-0.2, 0) is 0 Å². The van der Waals surface area contributed by atoms with Gasteiger partial charge in [0.05, 0.1) is 0 Å². The Kier molecular flexibility index (Phi) is 2.17. The van der Waals surface area contributed by atoms with Gasteiger partial charge in [0.15, 0.2) is 0 Å². The van der Waals surface area contributed by atoms with Crippen molar-refractivity contribution in [2.24, 2.45) is 17.6 Å². The van der Waals surface area contributed by atoms with E-state index in [1.165, 1.54) is 44.9 Å². The first-order valence-electron chi connectivity index (χ1n) is 5.13. The van der Waals surface area contributed by atoms with Gasteiger partial charge in [-0.1, -0.05) is 32.1 Å². The Morgan fingerprint density at radius 2 is 1.55 bits per heavy atom. The molecule has 2 atom stereocenters. The Balaban J connectivity index is 1.92. The van der Waals surface area contributed by atoms with Gasteiger partial charge >= 0.3 is 0 Å². The van der Waals surface area contributed by atoms with Gasteiger partial charge in [-0.15, -0.1) is 0 Å². The minimum absolute atomic E-state index is 0.554. The van der Waals surface area contributed by atoms with E-state index < -0.39 is 0 Å². The summed E-state index contributed by atoms with van der Waals surface area (Å²) >= 11 is 0. The molecule has 0 aliphatic heterocycles. The lowest BCUT2D eigenvalue weighted by atomic mass is 9.87. The zero-order valence-electron chi connectivity index (χ0n) is 7.26. The van der Waals surface area contributed by atoms with Crippen molar-refractivity contribution in [1.29, 1.82) is 0 Å². The Bertz CT molecular complexity index is 127. The van der Waals surface area contributed by atoms with Crippen LogP contribution in [0.25, 0.3) is 0 Å². The van der Waals surface area contributed by atoms with Crippen LogP contribution in [0.4, 0.5) is 0 Å². The molecule has 0 bridgehead atoms. The molecule has 0 aromatic heterocycles.